The summed E-state index contributed by atoms with van der Waals surface area (Å²) in [6, 6.07) is 8.57. The SMILES string of the molecule is CC(C)CCC(O)C1CCc2ccccc21. The molecular weight excluding hydrogens is 196 g/mol. The molecule has 88 valence electrons. The van der Waals surface area contributed by atoms with Crippen molar-refractivity contribution in [2.45, 2.75) is 51.6 Å². The lowest BCUT2D eigenvalue weighted by molar-refractivity contribution is 0.126. The summed E-state index contributed by atoms with van der Waals surface area (Å²) >= 11 is 0. The molecule has 0 saturated carbocycles. The summed E-state index contributed by atoms with van der Waals surface area (Å²) in [6.07, 6.45) is 4.18. The Kier molecular flexibility index (Phi) is 3.65. The Morgan fingerprint density at radius 3 is 2.75 bits per heavy atom. The largest absolute Gasteiger partial charge is 0.392 e. The normalized spacial score (nSPS) is 21.1. The molecule has 0 aliphatic heterocycles. The molecule has 2 atom stereocenters. The molecular formula is C15H22O. The molecule has 1 aliphatic carbocycles. The molecule has 0 aromatic heterocycles. The Balaban J connectivity index is 2.01. The van der Waals surface area contributed by atoms with Gasteiger partial charge in [-0.3, -0.25) is 0 Å². The van der Waals surface area contributed by atoms with E-state index in [-0.39, 0.29) is 6.10 Å². The van der Waals surface area contributed by atoms with E-state index in [1.54, 1.807) is 0 Å². The molecule has 1 N–H and O–H groups in total. The van der Waals surface area contributed by atoms with E-state index in [1.807, 2.05) is 0 Å². The van der Waals surface area contributed by atoms with Gasteiger partial charge < -0.3 is 5.11 Å². The Hall–Kier alpha value is -0.820. The number of aliphatic hydroxyl groups excluding tert-OH is 1. The van der Waals surface area contributed by atoms with Crippen molar-refractivity contribution in [2.75, 3.05) is 0 Å². The van der Waals surface area contributed by atoms with Crippen molar-refractivity contribution < 1.29 is 5.11 Å². The van der Waals surface area contributed by atoms with Crippen LogP contribution in [-0.4, -0.2) is 11.2 Å². The van der Waals surface area contributed by atoms with E-state index in [0.29, 0.717) is 11.8 Å². The fraction of sp³-hybridized carbons (Fsp3) is 0.600. The summed E-state index contributed by atoms with van der Waals surface area (Å²) in [5, 5.41) is 10.2. The van der Waals surface area contributed by atoms with Crippen LogP contribution in [0.3, 0.4) is 0 Å². The number of rotatable bonds is 4. The Morgan fingerprint density at radius 1 is 1.25 bits per heavy atom. The maximum atomic E-state index is 10.2. The van der Waals surface area contributed by atoms with Gasteiger partial charge in [0.15, 0.2) is 0 Å². The predicted octanol–water partition coefficient (Wildman–Crippen LogP) is 3.51. The van der Waals surface area contributed by atoms with Crippen LogP contribution < -0.4 is 0 Å². The van der Waals surface area contributed by atoms with Gasteiger partial charge in [-0.1, -0.05) is 38.1 Å². The average Bonchev–Trinajstić information content (AvgIpc) is 2.69. The highest BCUT2D eigenvalue weighted by atomic mass is 16.3. The smallest absolute Gasteiger partial charge is 0.0609 e. The average molecular weight is 218 g/mol. The zero-order chi connectivity index (χ0) is 11.5. The lowest BCUT2D eigenvalue weighted by atomic mass is 9.91. The zero-order valence-corrected chi connectivity index (χ0v) is 10.3. The summed E-state index contributed by atoms with van der Waals surface area (Å²) in [5.41, 5.74) is 2.83. The van der Waals surface area contributed by atoms with Crippen molar-refractivity contribution in [3.63, 3.8) is 0 Å². The number of benzene rings is 1. The van der Waals surface area contributed by atoms with Gasteiger partial charge in [0.2, 0.25) is 0 Å². The quantitative estimate of drug-likeness (QED) is 0.820. The Morgan fingerprint density at radius 2 is 2.00 bits per heavy atom. The molecule has 16 heavy (non-hydrogen) atoms. The predicted molar refractivity (Wildman–Crippen MR) is 67.6 cm³/mol. The van der Waals surface area contributed by atoms with Gasteiger partial charge in [-0.15, -0.1) is 0 Å². The standard InChI is InChI=1S/C15H22O/c1-11(2)7-10-15(16)14-9-8-12-5-3-4-6-13(12)14/h3-6,11,14-16H,7-10H2,1-2H3. The summed E-state index contributed by atoms with van der Waals surface area (Å²) in [4.78, 5) is 0. The van der Waals surface area contributed by atoms with Crippen molar-refractivity contribution in [1.29, 1.82) is 0 Å². The van der Waals surface area contributed by atoms with Crippen LogP contribution in [-0.2, 0) is 6.42 Å². The molecule has 1 heteroatoms. The summed E-state index contributed by atoms with van der Waals surface area (Å²) < 4.78 is 0. The van der Waals surface area contributed by atoms with Crippen molar-refractivity contribution >= 4 is 0 Å². The highest BCUT2D eigenvalue weighted by Gasteiger charge is 2.27. The molecule has 1 aliphatic rings. The maximum Gasteiger partial charge on any atom is 0.0609 e. The van der Waals surface area contributed by atoms with Crippen LogP contribution >= 0.6 is 0 Å². The molecule has 1 aromatic rings. The van der Waals surface area contributed by atoms with Crippen LogP contribution in [0.5, 0.6) is 0 Å². The van der Waals surface area contributed by atoms with Crippen LogP contribution in [0.25, 0.3) is 0 Å². The second kappa shape index (κ2) is 5.01. The van der Waals surface area contributed by atoms with E-state index < -0.39 is 0 Å². The zero-order valence-electron chi connectivity index (χ0n) is 10.3. The van der Waals surface area contributed by atoms with Gasteiger partial charge in [0.1, 0.15) is 0 Å². The van der Waals surface area contributed by atoms with E-state index in [9.17, 15) is 5.11 Å². The molecule has 0 bridgehead atoms. The number of fused-ring (bicyclic) bond motifs is 1. The minimum absolute atomic E-state index is 0.147. The van der Waals surface area contributed by atoms with Gasteiger partial charge in [-0.25, -0.2) is 0 Å². The lowest BCUT2D eigenvalue weighted by Gasteiger charge is -2.20. The molecule has 2 unspecified atom stereocenters. The third kappa shape index (κ3) is 2.46. The number of aliphatic hydroxyl groups is 1. The minimum Gasteiger partial charge on any atom is -0.392 e. The van der Waals surface area contributed by atoms with Crippen molar-refractivity contribution in [3.05, 3.63) is 35.4 Å². The van der Waals surface area contributed by atoms with Gasteiger partial charge in [0.25, 0.3) is 0 Å². The maximum absolute atomic E-state index is 10.2. The first kappa shape index (κ1) is 11.7. The molecule has 1 aromatic carbocycles. The summed E-state index contributed by atoms with van der Waals surface area (Å²) in [6.45, 7) is 4.44. The highest BCUT2D eigenvalue weighted by Crippen LogP contribution is 2.36. The monoisotopic (exact) mass is 218 g/mol. The topological polar surface area (TPSA) is 20.2 Å². The van der Waals surface area contributed by atoms with E-state index >= 15 is 0 Å². The van der Waals surface area contributed by atoms with Crippen LogP contribution in [0.1, 0.15) is 50.2 Å². The minimum atomic E-state index is -0.147. The second-order valence-corrected chi connectivity index (χ2v) is 5.38. The first-order chi connectivity index (χ1) is 7.68. The molecule has 0 radical (unpaired) electrons. The van der Waals surface area contributed by atoms with Crippen molar-refractivity contribution in [1.82, 2.24) is 0 Å². The first-order valence-corrected chi connectivity index (χ1v) is 6.44. The molecule has 2 rings (SSSR count). The highest BCUT2D eigenvalue weighted by molar-refractivity contribution is 5.35. The lowest BCUT2D eigenvalue weighted by Crippen LogP contribution is -2.17. The van der Waals surface area contributed by atoms with Crippen LogP contribution in [0.2, 0.25) is 0 Å². The van der Waals surface area contributed by atoms with Crippen molar-refractivity contribution in [2.24, 2.45) is 5.92 Å². The molecule has 0 spiro atoms. The molecule has 0 heterocycles. The molecule has 1 nitrogen and oxygen atoms in total. The van der Waals surface area contributed by atoms with Gasteiger partial charge in [-0.2, -0.15) is 0 Å². The molecule has 0 amide bonds. The van der Waals surface area contributed by atoms with Crippen LogP contribution in [0, 0.1) is 5.92 Å². The van der Waals surface area contributed by atoms with Crippen LogP contribution in [0.15, 0.2) is 24.3 Å². The van der Waals surface area contributed by atoms with Gasteiger partial charge in [-0.05, 0) is 42.7 Å². The summed E-state index contributed by atoms with van der Waals surface area (Å²) in [7, 11) is 0. The van der Waals surface area contributed by atoms with E-state index in [4.69, 9.17) is 0 Å². The van der Waals surface area contributed by atoms with E-state index in [0.717, 1.165) is 25.7 Å². The van der Waals surface area contributed by atoms with E-state index in [2.05, 4.69) is 38.1 Å². The third-order valence-corrected chi connectivity index (χ3v) is 3.68. The van der Waals surface area contributed by atoms with Crippen molar-refractivity contribution in [3.8, 4) is 0 Å². The number of hydrogen-bond acceptors (Lipinski definition) is 1. The van der Waals surface area contributed by atoms with Gasteiger partial charge in [0, 0.05) is 5.92 Å². The second-order valence-electron chi connectivity index (χ2n) is 5.38. The third-order valence-electron chi connectivity index (χ3n) is 3.68. The molecule has 0 fully saturated rings. The van der Waals surface area contributed by atoms with E-state index in [1.165, 1.54) is 11.1 Å². The first-order valence-electron chi connectivity index (χ1n) is 6.44. The Bertz CT molecular complexity index is 343. The van der Waals surface area contributed by atoms with Gasteiger partial charge in [0.05, 0.1) is 6.10 Å². The summed E-state index contributed by atoms with van der Waals surface area (Å²) in [5.74, 6) is 1.07. The Labute approximate surface area is 98.5 Å². The fourth-order valence-corrected chi connectivity index (χ4v) is 2.70. The van der Waals surface area contributed by atoms with Gasteiger partial charge >= 0.3 is 0 Å². The number of hydrogen-bond donors (Lipinski definition) is 1. The number of aryl methyl sites for hydroxylation is 1. The molecule has 0 saturated heterocycles. The van der Waals surface area contributed by atoms with Crippen LogP contribution in [0.4, 0.5) is 0 Å². The fourth-order valence-electron chi connectivity index (χ4n) is 2.70.